The van der Waals surface area contributed by atoms with E-state index in [0.717, 1.165) is 0 Å². The third kappa shape index (κ3) is 3.08. The first kappa shape index (κ1) is 12.3. The Balaban J connectivity index is 2.86. The summed E-state index contributed by atoms with van der Waals surface area (Å²) in [5, 5.41) is 0.526. The van der Waals surface area contributed by atoms with E-state index in [0.29, 0.717) is 5.02 Å². The van der Waals surface area contributed by atoms with Crippen molar-refractivity contribution in [1.82, 2.24) is 0 Å². The van der Waals surface area contributed by atoms with E-state index in [2.05, 4.69) is 4.74 Å². The molecule has 1 aromatic rings. The molecule has 0 amide bonds. The van der Waals surface area contributed by atoms with Gasteiger partial charge in [0, 0.05) is 0 Å². The molecule has 5 heteroatoms. The van der Waals surface area contributed by atoms with Crippen molar-refractivity contribution in [2.24, 2.45) is 0 Å². The van der Waals surface area contributed by atoms with Gasteiger partial charge in [0.15, 0.2) is 0 Å². The van der Waals surface area contributed by atoms with E-state index in [1.807, 2.05) is 0 Å². The van der Waals surface area contributed by atoms with Crippen molar-refractivity contribution in [3.63, 3.8) is 0 Å². The second-order valence-electron chi connectivity index (χ2n) is 2.79. The van der Waals surface area contributed by atoms with E-state index in [1.165, 1.54) is 18.2 Å². The van der Waals surface area contributed by atoms with Crippen LogP contribution in [0, 0.1) is 0 Å². The average molecular weight is 251 g/mol. The molecule has 1 unspecified atom stereocenters. The van der Waals surface area contributed by atoms with E-state index in [1.54, 1.807) is 6.92 Å². The van der Waals surface area contributed by atoms with E-state index in [9.17, 15) is 9.18 Å². The SMILES string of the molecule is CCOC(=O)C(F)c1ccc(Cl)c(Cl)c1. The number of alkyl halides is 1. The summed E-state index contributed by atoms with van der Waals surface area (Å²) in [6.45, 7) is 1.75. The molecule has 0 saturated heterocycles. The van der Waals surface area contributed by atoms with Crippen molar-refractivity contribution in [2.75, 3.05) is 6.61 Å². The van der Waals surface area contributed by atoms with Crippen LogP contribution in [0.1, 0.15) is 18.7 Å². The third-order valence-electron chi connectivity index (χ3n) is 1.73. The Morgan fingerprint density at radius 1 is 1.47 bits per heavy atom. The van der Waals surface area contributed by atoms with Crippen LogP contribution in [0.15, 0.2) is 18.2 Å². The quantitative estimate of drug-likeness (QED) is 0.767. The lowest BCUT2D eigenvalue weighted by Crippen LogP contribution is -2.11. The number of esters is 1. The lowest BCUT2D eigenvalue weighted by molar-refractivity contribution is -0.149. The molecule has 15 heavy (non-hydrogen) atoms. The maximum absolute atomic E-state index is 13.5. The molecule has 0 heterocycles. The van der Waals surface area contributed by atoms with Crippen LogP contribution < -0.4 is 0 Å². The standard InChI is InChI=1S/C10H9Cl2FO2/c1-2-15-10(14)9(13)6-3-4-7(11)8(12)5-6/h3-5,9H,2H2,1H3. The molecule has 2 nitrogen and oxygen atoms in total. The molecule has 0 radical (unpaired) electrons. The van der Waals surface area contributed by atoms with Gasteiger partial charge in [-0.25, -0.2) is 9.18 Å². The topological polar surface area (TPSA) is 26.3 Å². The molecule has 1 aromatic carbocycles. The van der Waals surface area contributed by atoms with Gasteiger partial charge in [0.1, 0.15) is 0 Å². The number of benzene rings is 1. The van der Waals surface area contributed by atoms with Gasteiger partial charge >= 0.3 is 5.97 Å². The zero-order chi connectivity index (χ0) is 11.4. The summed E-state index contributed by atoms with van der Waals surface area (Å²) in [7, 11) is 0. The van der Waals surface area contributed by atoms with Crippen LogP contribution in [0.3, 0.4) is 0 Å². The van der Waals surface area contributed by atoms with Gasteiger partial charge in [-0.1, -0.05) is 29.3 Å². The summed E-state index contributed by atoms with van der Waals surface area (Å²) in [6, 6.07) is 4.15. The zero-order valence-corrected chi connectivity index (χ0v) is 9.48. The highest BCUT2D eigenvalue weighted by Gasteiger charge is 2.21. The van der Waals surface area contributed by atoms with Gasteiger partial charge in [-0.15, -0.1) is 0 Å². The third-order valence-corrected chi connectivity index (χ3v) is 2.47. The summed E-state index contributed by atoms with van der Waals surface area (Å²) in [5.41, 5.74) is 0.142. The first-order valence-corrected chi connectivity index (χ1v) is 5.07. The highest BCUT2D eigenvalue weighted by atomic mass is 35.5. The Bertz CT molecular complexity index is 368. The van der Waals surface area contributed by atoms with Crippen LogP contribution in [0.25, 0.3) is 0 Å². The van der Waals surface area contributed by atoms with Crippen LogP contribution >= 0.6 is 23.2 Å². The fraction of sp³-hybridized carbons (Fsp3) is 0.300. The molecule has 0 aliphatic carbocycles. The van der Waals surface area contributed by atoms with Crippen molar-refractivity contribution in [3.05, 3.63) is 33.8 Å². The van der Waals surface area contributed by atoms with Crippen molar-refractivity contribution in [1.29, 1.82) is 0 Å². The van der Waals surface area contributed by atoms with Crippen LogP contribution in [-0.2, 0) is 9.53 Å². The molecule has 1 atom stereocenters. The minimum atomic E-state index is -1.82. The number of carbonyl (C=O) groups excluding carboxylic acids is 1. The van der Waals surface area contributed by atoms with Gasteiger partial charge in [0.05, 0.1) is 16.7 Å². The van der Waals surface area contributed by atoms with Crippen molar-refractivity contribution in [3.8, 4) is 0 Å². The molecule has 82 valence electrons. The Kier molecular flexibility index (Phi) is 4.36. The molecular weight excluding hydrogens is 242 g/mol. The van der Waals surface area contributed by atoms with Crippen molar-refractivity contribution < 1.29 is 13.9 Å². The van der Waals surface area contributed by atoms with Crippen LogP contribution in [0.5, 0.6) is 0 Å². The summed E-state index contributed by atoms with van der Waals surface area (Å²) < 4.78 is 18.0. The predicted molar refractivity (Wildman–Crippen MR) is 56.9 cm³/mol. The second kappa shape index (κ2) is 5.33. The molecule has 0 aliphatic rings. The summed E-state index contributed by atoms with van der Waals surface area (Å²) in [6.07, 6.45) is -1.82. The first-order valence-electron chi connectivity index (χ1n) is 4.32. The van der Waals surface area contributed by atoms with E-state index >= 15 is 0 Å². The number of ether oxygens (including phenoxy) is 1. The predicted octanol–water partition coefficient (Wildman–Crippen LogP) is 3.57. The van der Waals surface area contributed by atoms with Gasteiger partial charge in [0.25, 0.3) is 0 Å². The number of rotatable bonds is 3. The molecule has 0 N–H and O–H groups in total. The second-order valence-corrected chi connectivity index (χ2v) is 3.60. The van der Waals surface area contributed by atoms with Crippen molar-refractivity contribution >= 4 is 29.2 Å². The number of hydrogen-bond acceptors (Lipinski definition) is 2. The van der Waals surface area contributed by atoms with Crippen LogP contribution in [-0.4, -0.2) is 12.6 Å². The largest absolute Gasteiger partial charge is 0.464 e. The Morgan fingerprint density at radius 3 is 2.67 bits per heavy atom. The molecular formula is C10H9Cl2FO2. The molecule has 0 aliphatic heterocycles. The Morgan fingerprint density at radius 2 is 2.13 bits per heavy atom. The zero-order valence-electron chi connectivity index (χ0n) is 7.97. The fourth-order valence-corrected chi connectivity index (χ4v) is 1.33. The smallest absolute Gasteiger partial charge is 0.345 e. The van der Waals surface area contributed by atoms with Gasteiger partial charge in [0.2, 0.25) is 6.17 Å². The molecule has 0 aromatic heterocycles. The van der Waals surface area contributed by atoms with E-state index < -0.39 is 12.1 Å². The molecule has 0 fully saturated rings. The summed E-state index contributed by atoms with van der Waals surface area (Å²) in [4.78, 5) is 11.1. The highest BCUT2D eigenvalue weighted by molar-refractivity contribution is 6.42. The Labute approximate surface area is 96.9 Å². The van der Waals surface area contributed by atoms with Gasteiger partial charge in [-0.05, 0) is 24.6 Å². The minimum Gasteiger partial charge on any atom is -0.464 e. The van der Waals surface area contributed by atoms with Crippen LogP contribution in [0.4, 0.5) is 4.39 Å². The van der Waals surface area contributed by atoms with E-state index in [-0.39, 0.29) is 17.2 Å². The maximum Gasteiger partial charge on any atom is 0.345 e. The Hall–Kier alpha value is -0.800. The maximum atomic E-state index is 13.5. The normalized spacial score (nSPS) is 12.3. The van der Waals surface area contributed by atoms with E-state index in [4.69, 9.17) is 23.2 Å². The number of halogens is 3. The average Bonchev–Trinajstić information content (AvgIpc) is 2.21. The minimum absolute atomic E-state index is 0.139. The van der Waals surface area contributed by atoms with Gasteiger partial charge in [-0.3, -0.25) is 0 Å². The lowest BCUT2D eigenvalue weighted by atomic mass is 10.1. The summed E-state index contributed by atoms with van der Waals surface area (Å²) >= 11 is 11.3. The number of hydrogen-bond donors (Lipinski definition) is 0. The first-order chi connectivity index (χ1) is 7.06. The lowest BCUT2D eigenvalue weighted by Gasteiger charge is -2.08. The van der Waals surface area contributed by atoms with Gasteiger partial charge in [-0.2, -0.15) is 0 Å². The van der Waals surface area contributed by atoms with Gasteiger partial charge < -0.3 is 4.74 Å². The number of carbonyl (C=O) groups is 1. The molecule has 0 bridgehead atoms. The molecule has 0 spiro atoms. The summed E-state index contributed by atoms with van der Waals surface area (Å²) in [5.74, 6) is -0.920. The van der Waals surface area contributed by atoms with Crippen molar-refractivity contribution in [2.45, 2.75) is 13.1 Å². The molecule has 1 rings (SSSR count). The molecule has 0 saturated carbocycles. The highest BCUT2D eigenvalue weighted by Crippen LogP contribution is 2.27. The van der Waals surface area contributed by atoms with Crippen LogP contribution in [0.2, 0.25) is 10.0 Å². The fourth-order valence-electron chi connectivity index (χ4n) is 1.02. The monoisotopic (exact) mass is 250 g/mol.